The summed E-state index contributed by atoms with van der Waals surface area (Å²) in [6.45, 7) is 9.98. The molecular formula is C15H15N. The van der Waals surface area contributed by atoms with E-state index in [9.17, 15) is 0 Å². The average molecular weight is 209 g/mol. The Hall–Kier alpha value is -1.89. The number of hydrogen-bond donors (Lipinski definition) is 0. The molecule has 0 aliphatic rings. The van der Waals surface area contributed by atoms with Gasteiger partial charge in [-0.1, -0.05) is 50.4 Å². The van der Waals surface area contributed by atoms with Gasteiger partial charge < -0.3 is 0 Å². The van der Waals surface area contributed by atoms with Crippen LogP contribution in [0.5, 0.6) is 0 Å². The predicted octanol–water partition coefficient (Wildman–Crippen LogP) is 2.13. The van der Waals surface area contributed by atoms with Crippen molar-refractivity contribution < 1.29 is 0 Å². The first-order chi connectivity index (χ1) is 7.72. The highest BCUT2D eigenvalue weighted by molar-refractivity contribution is 5.62. The third kappa shape index (κ3) is 1.89. The van der Waals surface area contributed by atoms with Crippen molar-refractivity contribution in [3.05, 3.63) is 52.5 Å². The van der Waals surface area contributed by atoms with Crippen LogP contribution in [0.15, 0.2) is 36.4 Å². The molecule has 0 aliphatic carbocycles. The summed E-state index contributed by atoms with van der Waals surface area (Å²) in [5, 5.41) is 1.67. The molecule has 0 fully saturated rings. The maximum Gasteiger partial charge on any atom is 0.0741 e. The number of nitrogens with zero attached hydrogens (tertiary/aromatic N) is 1. The van der Waals surface area contributed by atoms with Crippen LogP contribution in [0.4, 0.5) is 0 Å². The summed E-state index contributed by atoms with van der Waals surface area (Å²) < 4.78 is 0. The highest BCUT2D eigenvalue weighted by Crippen LogP contribution is 2.18. The van der Waals surface area contributed by atoms with Crippen molar-refractivity contribution in [2.24, 2.45) is 0 Å². The van der Waals surface area contributed by atoms with Gasteiger partial charge in [0.15, 0.2) is 0 Å². The Morgan fingerprint density at radius 1 is 1.12 bits per heavy atom. The van der Waals surface area contributed by atoms with Crippen molar-refractivity contribution in [3.8, 4) is 11.3 Å². The monoisotopic (exact) mass is 209 g/mol. The van der Waals surface area contributed by atoms with Gasteiger partial charge in [0.2, 0.25) is 0 Å². The van der Waals surface area contributed by atoms with Crippen LogP contribution < -0.4 is 10.6 Å². The van der Waals surface area contributed by atoms with Gasteiger partial charge in [0, 0.05) is 5.56 Å². The molecule has 1 aromatic carbocycles. The van der Waals surface area contributed by atoms with E-state index in [4.69, 9.17) is 0 Å². The van der Waals surface area contributed by atoms with Gasteiger partial charge in [-0.15, -0.1) is 0 Å². The standard InChI is InChI=1S/C15H15N/c1-4-13-10-11(2)12(3)16-15(13)14-8-6-5-7-9-14/h5-10H,2-4H2,1H3. The number of benzene rings is 1. The average Bonchev–Trinajstić information content (AvgIpc) is 2.33. The fourth-order valence-electron chi connectivity index (χ4n) is 1.76. The molecule has 0 aliphatic heterocycles. The quantitative estimate of drug-likeness (QED) is 0.738. The lowest BCUT2D eigenvalue weighted by atomic mass is 10.0. The van der Waals surface area contributed by atoms with Crippen molar-refractivity contribution in [2.45, 2.75) is 13.3 Å². The van der Waals surface area contributed by atoms with Crippen LogP contribution in [0.1, 0.15) is 12.5 Å². The molecule has 1 heteroatoms. The van der Waals surface area contributed by atoms with Gasteiger partial charge in [-0.2, -0.15) is 0 Å². The van der Waals surface area contributed by atoms with Gasteiger partial charge in [-0.05, 0) is 23.3 Å². The molecule has 0 saturated heterocycles. The zero-order chi connectivity index (χ0) is 11.5. The van der Waals surface area contributed by atoms with E-state index in [0.717, 1.165) is 28.2 Å². The third-order valence-electron chi connectivity index (χ3n) is 2.70. The summed E-state index contributed by atoms with van der Waals surface area (Å²) in [7, 11) is 0. The van der Waals surface area contributed by atoms with Crippen LogP contribution in [0.3, 0.4) is 0 Å². The second-order valence-electron chi connectivity index (χ2n) is 3.82. The Morgan fingerprint density at radius 2 is 1.81 bits per heavy atom. The molecule has 0 spiro atoms. The fraction of sp³-hybridized carbons (Fsp3) is 0.133. The molecule has 1 aromatic heterocycles. The van der Waals surface area contributed by atoms with Crippen LogP contribution in [0.2, 0.25) is 0 Å². The second-order valence-corrected chi connectivity index (χ2v) is 3.82. The molecular weight excluding hydrogens is 194 g/mol. The normalized spacial score (nSPS) is 10.3. The topological polar surface area (TPSA) is 12.9 Å². The first-order valence-corrected chi connectivity index (χ1v) is 5.45. The molecule has 16 heavy (non-hydrogen) atoms. The lowest BCUT2D eigenvalue weighted by Crippen LogP contribution is -2.26. The summed E-state index contributed by atoms with van der Waals surface area (Å²) in [6.07, 6.45) is 0.958. The number of hydrogen-bond acceptors (Lipinski definition) is 1. The van der Waals surface area contributed by atoms with Crippen molar-refractivity contribution in [2.75, 3.05) is 0 Å². The number of aryl methyl sites for hydroxylation is 1. The van der Waals surface area contributed by atoms with Gasteiger partial charge in [0.05, 0.1) is 11.0 Å². The maximum atomic E-state index is 4.54. The van der Waals surface area contributed by atoms with E-state index in [1.54, 1.807) is 0 Å². The number of pyridine rings is 1. The molecule has 2 aromatic rings. The van der Waals surface area contributed by atoms with Gasteiger partial charge in [0.1, 0.15) is 0 Å². The van der Waals surface area contributed by atoms with E-state index in [1.165, 1.54) is 5.56 Å². The molecule has 0 amide bonds. The number of rotatable bonds is 2. The van der Waals surface area contributed by atoms with E-state index < -0.39 is 0 Å². The van der Waals surface area contributed by atoms with E-state index in [1.807, 2.05) is 18.2 Å². The Labute approximate surface area is 95.8 Å². The van der Waals surface area contributed by atoms with Gasteiger partial charge in [-0.3, -0.25) is 0 Å². The predicted molar refractivity (Wildman–Crippen MR) is 69.3 cm³/mol. The van der Waals surface area contributed by atoms with Crippen LogP contribution in [0, 0.1) is 0 Å². The van der Waals surface area contributed by atoms with Crippen LogP contribution in [-0.4, -0.2) is 4.98 Å². The maximum absolute atomic E-state index is 4.54. The zero-order valence-corrected chi connectivity index (χ0v) is 9.53. The van der Waals surface area contributed by atoms with Gasteiger partial charge in [-0.25, -0.2) is 4.98 Å². The minimum absolute atomic E-state index is 0.760. The van der Waals surface area contributed by atoms with Crippen LogP contribution in [-0.2, 0) is 6.42 Å². The van der Waals surface area contributed by atoms with Crippen LogP contribution >= 0.6 is 0 Å². The smallest absolute Gasteiger partial charge is 0.0741 e. The first-order valence-electron chi connectivity index (χ1n) is 5.45. The SMILES string of the molecule is C=c1cc(CC)c(-c2ccccc2)nc1=C. The molecule has 0 radical (unpaired) electrons. The Kier molecular flexibility index (Phi) is 2.86. The third-order valence-corrected chi connectivity index (χ3v) is 2.70. The molecule has 1 nitrogen and oxygen atoms in total. The van der Waals surface area contributed by atoms with Gasteiger partial charge >= 0.3 is 0 Å². The fourth-order valence-corrected chi connectivity index (χ4v) is 1.76. The summed E-state index contributed by atoms with van der Waals surface area (Å²) >= 11 is 0. The Morgan fingerprint density at radius 3 is 2.44 bits per heavy atom. The molecule has 0 unspecified atom stereocenters. The summed E-state index contributed by atoms with van der Waals surface area (Å²) in [4.78, 5) is 4.54. The summed E-state index contributed by atoms with van der Waals surface area (Å²) in [5.41, 5.74) is 3.40. The van der Waals surface area contributed by atoms with Crippen molar-refractivity contribution >= 4 is 13.2 Å². The highest BCUT2D eigenvalue weighted by Gasteiger charge is 2.04. The largest absolute Gasteiger partial charge is 0.248 e. The summed E-state index contributed by atoms with van der Waals surface area (Å²) in [5.74, 6) is 0. The minimum atomic E-state index is 0.760. The molecule has 1 heterocycles. The Bertz CT molecular complexity index is 585. The molecule has 0 N–H and O–H groups in total. The molecule has 80 valence electrons. The molecule has 0 saturated carbocycles. The minimum Gasteiger partial charge on any atom is -0.248 e. The Balaban J connectivity index is 2.70. The zero-order valence-electron chi connectivity index (χ0n) is 9.53. The summed E-state index contributed by atoms with van der Waals surface area (Å²) in [6, 6.07) is 12.3. The van der Waals surface area contributed by atoms with E-state index in [0.29, 0.717) is 0 Å². The van der Waals surface area contributed by atoms with Crippen LogP contribution in [0.25, 0.3) is 24.4 Å². The molecule has 2 rings (SSSR count). The highest BCUT2D eigenvalue weighted by atomic mass is 14.7. The lowest BCUT2D eigenvalue weighted by molar-refractivity contribution is 1.08. The number of aromatic nitrogens is 1. The van der Waals surface area contributed by atoms with Gasteiger partial charge in [0.25, 0.3) is 0 Å². The molecule has 0 bridgehead atoms. The van der Waals surface area contributed by atoms with E-state index in [-0.39, 0.29) is 0 Å². The van der Waals surface area contributed by atoms with E-state index >= 15 is 0 Å². The van der Waals surface area contributed by atoms with Crippen molar-refractivity contribution in [3.63, 3.8) is 0 Å². The van der Waals surface area contributed by atoms with E-state index in [2.05, 4.69) is 43.3 Å². The molecule has 0 atom stereocenters. The van der Waals surface area contributed by atoms with Crippen molar-refractivity contribution in [1.82, 2.24) is 4.98 Å². The van der Waals surface area contributed by atoms with Crippen molar-refractivity contribution in [1.29, 1.82) is 0 Å². The first kappa shape index (κ1) is 10.6. The second kappa shape index (κ2) is 4.31. The lowest BCUT2D eigenvalue weighted by Gasteiger charge is -2.07.